The van der Waals surface area contributed by atoms with E-state index in [1.165, 1.54) is 32.4 Å². The number of benzene rings is 1. The minimum atomic E-state index is -5.59. The topological polar surface area (TPSA) is 98.7 Å². The van der Waals surface area contributed by atoms with Crippen LogP contribution in [0, 0.1) is 0 Å². The lowest BCUT2D eigenvalue weighted by Crippen LogP contribution is -2.43. The molecule has 0 atom stereocenters. The highest BCUT2D eigenvalue weighted by molar-refractivity contribution is 8.41. The molecule has 0 bridgehead atoms. The first kappa shape index (κ1) is 27.6. The van der Waals surface area contributed by atoms with Crippen LogP contribution in [0.2, 0.25) is 0 Å². The molecule has 16 heteroatoms. The van der Waals surface area contributed by atoms with Gasteiger partial charge in [-0.2, -0.15) is 26.3 Å². The molecule has 0 saturated carbocycles. The zero-order chi connectivity index (χ0) is 26.7. The number of piperazine rings is 1. The molecule has 1 fully saturated rings. The first-order valence-corrected chi connectivity index (χ1v) is 11.7. The Morgan fingerprint density at radius 3 is 2.03 bits per heavy atom. The van der Waals surface area contributed by atoms with Crippen LogP contribution in [0.5, 0.6) is 11.5 Å². The lowest BCUT2D eigenvalue weighted by atomic mass is 10.2. The molecule has 0 unspecified atom stereocenters. The predicted molar refractivity (Wildman–Crippen MR) is 115 cm³/mol. The molecule has 0 spiro atoms. The molecule has 36 heavy (non-hydrogen) atoms. The first-order valence-electron chi connectivity index (χ1n) is 10.2. The molecule has 2 heterocycles. The number of ether oxygens (including phenoxy) is 2. The van der Waals surface area contributed by atoms with Crippen molar-refractivity contribution >= 4 is 27.6 Å². The Morgan fingerprint density at radius 1 is 0.972 bits per heavy atom. The summed E-state index contributed by atoms with van der Waals surface area (Å²) in [5.74, 6) is -5.46. The molecule has 1 N–H and O–H groups in total. The molecule has 0 aliphatic carbocycles. The lowest BCUT2D eigenvalue weighted by molar-refractivity contribution is -0.193. The quantitative estimate of drug-likeness (QED) is 0.523. The van der Waals surface area contributed by atoms with Crippen molar-refractivity contribution in [2.24, 2.45) is 4.99 Å². The Bertz CT molecular complexity index is 1040. The molecule has 0 radical (unpaired) electrons. The predicted octanol–water partition coefficient (Wildman–Crippen LogP) is 3.06. The van der Waals surface area contributed by atoms with Crippen LogP contribution in [-0.2, 0) is 18.0 Å². The van der Waals surface area contributed by atoms with Gasteiger partial charge in [-0.05, 0) is 28.8 Å². The molecular weight excluding hydrogens is 524 g/mol. The highest BCUT2D eigenvalue weighted by atomic mass is 32.3. The van der Waals surface area contributed by atoms with E-state index >= 15 is 0 Å². The normalized spacial score (nSPS) is 19.1. The van der Waals surface area contributed by atoms with Gasteiger partial charge in [0.15, 0.2) is 16.5 Å². The molecule has 2 aliphatic heterocycles. The summed E-state index contributed by atoms with van der Waals surface area (Å²) >= 11 is 0. The molecule has 0 amide bonds. The van der Waals surface area contributed by atoms with Gasteiger partial charge in [-0.1, -0.05) is 0 Å². The van der Waals surface area contributed by atoms with Gasteiger partial charge in [0.2, 0.25) is 0 Å². The Balaban J connectivity index is 2.14. The monoisotopic (exact) mass is 545 g/mol. The van der Waals surface area contributed by atoms with Crippen LogP contribution in [0.1, 0.15) is 5.56 Å². The van der Waals surface area contributed by atoms with Crippen molar-refractivity contribution in [3.8, 4) is 11.5 Å². The third-order valence-corrected chi connectivity index (χ3v) is 7.14. The summed E-state index contributed by atoms with van der Waals surface area (Å²) in [5.41, 5.74) is -0.152. The summed E-state index contributed by atoms with van der Waals surface area (Å²) in [7, 11) is -1.90. The fraction of sp³-hybridized carbons (Fsp3) is 0.450. The van der Waals surface area contributed by atoms with Crippen LogP contribution >= 0.6 is 10.6 Å². The van der Waals surface area contributed by atoms with E-state index < -0.39 is 39.9 Å². The average Bonchev–Trinajstić information content (AvgIpc) is 3.15. The lowest BCUT2D eigenvalue weighted by Gasteiger charge is -2.36. The van der Waals surface area contributed by atoms with Crippen LogP contribution in [0.15, 0.2) is 34.3 Å². The van der Waals surface area contributed by atoms with Gasteiger partial charge in [-0.15, -0.1) is 0 Å². The minimum absolute atomic E-state index is 0.0135. The van der Waals surface area contributed by atoms with Gasteiger partial charge in [-0.3, -0.25) is 4.90 Å². The van der Waals surface area contributed by atoms with E-state index in [4.69, 9.17) is 9.47 Å². The Labute approximate surface area is 202 Å². The van der Waals surface area contributed by atoms with Crippen molar-refractivity contribution in [3.05, 3.63) is 34.9 Å². The Hall–Kier alpha value is -2.98. The number of halogens is 6. The van der Waals surface area contributed by atoms with Crippen molar-refractivity contribution in [3.63, 3.8) is 0 Å². The van der Waals surface area contributed by atoms with Crippen molar-refractivity contribution in [1.29, 1.82) is 0 Å². The molecule has 1 aromatic rings. The average molecular weight is 545 g/mol. The smallest absolute Gasteiger partial charge is 0.492 e. The standard InChI is InChI=1S/C20H21F6N3O6S/c1-32-14-4-3-12(9-15(14)33-2)16-28-13(10-29-7-5-27-6-8-29)11-36(16,34-17(30)19(21,22)23)35-18(31)20(24,25)26/h3-4,9,11,27H,5-8,10H2,1-2H3. The van der Waals surface area contributed by atoms with Crippen molar-refractivity contribution in [2.75, 3.05) is 46.9 Å². The summed E-state index contributed by atoms with van der Waals surface area (Å²) in [6.07, 6.45) is -11.2. The zero-order valence-electron chi connectivity index (χ0n) is 18.9. The maximum absolute atomic E-state index is 13.1. The number of nitrogens with zero attached hydrogens (tertiary/aromatic N) is 2. The number of alkyl halides is 6. The largest absolute Gasteiger partial charge is 0.493 e. The van der Waals surface area contributed by atoms with Gasteiger partial charge < -0.3 is 23.2 Å². The minimum Gasteiger partial charge on any atom is -0.493 e. The second kappa shape index (κ2) is 10.6. The first-order chi connectivity index (χ1) is 16.8. The molecule has 9 nitrogen and oxygen atoms in total. The molecule has 1 saturated heterocycles. The van der Waals surface area contributed by atoms with E-state index in [9.17, 15) is 35.9 Å². The summed E-state index contributed by atoms with van der Waals surface area (Å²) in [4.78, 5) is 29.6. The van der Waals surface area contributed by atoms with E-state index in [0.717, 1.165) is 5.41 Å². The number of methoxy groups -OCH3 is 2. The molecule has 1 aromatic carbocycles. The van der Waals surface area contributed by atoms with Gasteiger partial charge in [0.1, 0.15) is 0 Å². The van der Waals surface area contributed by atoms with E-state index in [0.29, 0.717) is 26.2 Å². The van der Waals surface area contributed by atoms with Crippen LogP contribution < -0.4 is 14.8 Å². The van der Waals surface area contributed by atoms with Gasteiger partial charge in [0.25, 0.3) is 0 Å². The van der Waals surface area contributed by atoms with Crippen molar-refractivity contribution < 1.29 is 53.8 Å². The molecule has 0 aromatic heterocycles. The fourth-order valence-corrected chi connectivity index (χ4v) is 5.51. The number of hydrogen-bond acceptors (Lipinski definition) is 9. The second-order valence-corrected chi connectivity index (χ2v) is 9.45. The summed E-state index contributed by atoms with van der Waals surface area (Å²) in [5, 5.41) is 3.23. The van der Waals surface area contributed by atoms with Crippen LogP contribution in [0.4, 0.5) is 26.3 Å². The highest BCUT2D eigenvalue weighted by Crippen LogP contribution is 2.61. The number of nitrogens with one attached hydrogen (secondary N) is 1. The SMILES string of the molecule is COc1ccc(C2=NC(CN3CCNCC3)=CS2(OC(=O)C(F)(F)F)OC(=O)C(F)(F)F)cc1OC. The number of hydrogen-bond donors (Lipinski definition) is 1. The fourth-order valence-electron chi connectivity index (χ4n) is 3.29. The molecule has 3 rings (SSSR count). The summed E-state index contributed by atoms with van der Waals surface area (Å²) in [6, 6.07) is 3.75. The van der Waals surface area contributed by atoms with Crippen molar-refractivity contribution in [1.82, 2.24) is 10.2 Å². The number of carbonyl (C=O) groups excluding carboxylic acids is 2. The molecule has 200 valence electrons. The zero-order valence-corrected chi connectivity index (χ0v) is 19.7. The molecular formula is C20H21F6N3O6S. The maximum atomic E-state index is 13.1. The third-order valence-electron chi connectivity index (χ3n) is 4.89. The van der Waals surface area contributed by atoms with E-state index in [1.807, 2.05) is 4.90 Å². The van der Waals surface area contributed by atoms with E-state index in [2.05, 4.69) is 18.7 Å². The van der Waals surface area contributed by atoms with Crippen LogP contribution in [0.3, 0.4) is 0 Å². The Kier molecular flexibility index (Phi) is 8.10. The van der Waals surface area contributed by atoms with Crippen LogP contribution in [-0.4, -0.2) is 81.2 Å². The summed E-state index contributed by atoms with van der Waals surface area (Å²) < 4.78 is 98.0. The Morgan fingerprint density at radius 2 is 1.53 bits per heavy atom. The highest BCUT2D eigenvalue weighted by Gasteiger charge is 2.52. The third kappa shape index (κ3) is 6.22. The summed E-state index contributed by atoms with van der Waals surface area (Å²) in [6.45, 7) is 2.17. The van der Waals surface area contributed by atoms with E-state index in [1.54, 1.807) is 0 Å². The van der Waals surface area contributed by atoms with Crippen molar-refractivity contribution in [2.45, 2.75) is 12.4 Å². The van der Waals surface area contributed by atoms with Gasteiger partial charge in [0.05, 0.1) is 25.3 Å². The van der Waals surface area contributed by atoms with Gasteiger partial charge in [0, 0.05) is 38.3 Å². The number of rotatable bonds is 7. The molecule has 2 aliphatic rings. The second-order valence-electron chi connectivity index (χ2n) is 7.40. The van der Waals surface area contributed by atoms with Gasteiger partial charge in [-0.25, -0.2) is 14.6 Å². The van der Waals surface area contributed by atoms with Crippen LogP contribution in [0.25, 0.3) is 0 Å². The van der Waals surface area contributed by atoms with Gasteiger partial charge >= 0.3 is 24.3 Å². The number of carbonyl (C=O) groups is 2. The van der Waals surface area contributed by atoms with E-state index in [-0.39, 0.29) is 29.3 Å². The maximum Gasteiger partial charge on any atom is 0.492 e. The number of aliphatic imine (C=N–C) groups is 1.